The zero-order valence-corrected chi connectivity index (χ0v) is 8.22. The number of halogens is 1. The summed E-state index contributed by atoms with van der Waals surface area (Å²) in [5, 5.41) is 2.82. The number of benzene rings is 1. The Morgan fingerprint density at radius 1 is 1.29 bits per heavy atom. The fraction of sp³-hybridized carbons (Fsp3) is 0.100. The smallest absolute Gasteiger partial charge is 0.123 e. The first-order valence-corrected chi connectivity index (χ1v) is 5.08. The maximum Gasteiger partial charge on any atom is 0.123 e. The zero-order valence-electron chi connectivity index (χ0n) is 7.40. The van der Waals surface area contributed by atoms with Gasteiger partial charge in [0, 0.05) is 10.9 Å². The Balaban J connectivity index is 2.34. The topological polar surface area (TPSA) is 12.9 Å². The van der Waals surface area contributed by atoms with E-state index in [-0.39, 0.29) is 5.82 Å². The molecule has 68 valence electrons. The van der Waals surface area contributed by atoms with Gasteiger partial charge in [-0.2, -0.15) is 0 Å². The van der Waals surface area contributed by atoms with E-state index in [0.29, 0.717) is 6.32 Å². The molecule has 0 saturated carbocycles. The van der Waals surface area contributed by atoms with Crippen LogP contribution in [0.2, 0.25) is 0 Å². The Labute approximate surface area is 87.0 Å². The molecule has 0 spiro atoms. The van der Waals surface area contributed by atoms with Crippen LogP contribution in [0.25, 0.3) is 11.3 Å². The average Bonchev–Trinajstić information content (AvgIpc) is 2.67. The lowest BCUT2D eigenvalue weighted by Gasteiger charge is -1.95. The standard InChI is InChI=1S/C10H7BFNS/c11-5-10-13-9(6-14-10)7-1-3-8(12)4-2-7/h1-4,6H,5H2. The summed E-state index contributed by atoms with van der Waals surface area (Å²) in [4.78, 5) is 4.30. The first-order valence-electron chi connectivity index (χ1n) is 4.20. The molecule has 1 aromatic carbocycles. The van der Waals surface area contributed by atoms with E-state index in [1.807, 2.05) is 5.38 Å². The third-order valence-electron chi connectivity index (χ3n) is 1.87. The lowest BCUT2D eigenvalue weighted by molar-refractivity contribution is 0.628. The van der Waals surface area contributed by atoms with Crippen molar-refractivity contribution < 1.29 is 4.39 Å². The number of thiazole rings is 1. The molecule has 0 unspecified atom stereocenters. The predicted molar refractivity (Wildman–Crippen MR) is 57.0 cm³/mol. The van der Waals surface area contributed by atoms with Gasteiger partial charge in [0.15, 0.2) is 0 Å². The number of nitrogens with zero attached hydrogens (tertiary/aromatic N) is 1. The van der Waals surface area contributed by atoms with Crippen LogP contribution in [-0.2, 0) is 6.32 Å². The van der Waals surface area contributed by atoms with E-state index < -0.39 is 0 Å². The number of rotatable bonds is 2. The lowest BCUT2D eigenvalue weighted by atomic mass is 10.1. The van der Waals surface area contributed by atoms with Gasteiger partial charge in [-0.3, -0.25) is 0 Å². The van der Waals surface area contributed by atoms with Crippen molar-refractivity contribution in [3.8, 4) is 11.3 Å². The van der Waals surface area contributed by atoms with Gasteiger partial charge in [-0.15, -0.1) is 11.3 Å². The van der Waals surface area contributed by atoms with E-state index in [9.17, 15) is 4.39 Å². The number of aromatic nitrogens is 1. The largest absolute Gasteiger partial charge is 0.242 e. The fourth-order valence-corrected chi connectivity index (χ4v) is 1.84. The normalized spacial score (nSPS) is 10.4. The van der Waals surface area contributed by atoms with E-state index >= 15 is 0 Å². The van der Waals surface area contributed by atoms with Gasteiger partial charge >= 0.3 is 0 Å². The molecule has 1 heterocycles. The molecular formula is C10H7BFNS. The van der Waals surface area contributed by atoms with Gasteiger partial charge in [0.1, 0.15) is 5.82 Å². The first kappa shape index (κ1) is 9.40. The quantitative estimate of drug-likeness (QED) is 0.683. The average molecular weight is 203 g/mol. The van der Waals surface area contributed by atoms with E-state index in [4.69, 9.17) is 7.85 Å². The molecule has 4 heteroatoms. The van der Waals surface area contributed by atoms with Crippen LogP contribution < -0.4 is 0 Å². The van der Waals surface area contributed by atoms with Crippen LogP contribution in [-0.4, -0.2) is 12.8 Å². The Hall–Kier alpha value is -1.16. The second-order valence-corrected chi connectivity index (χ2v) is 3.78. The van der Waals surface area contributed by atoms with Crippen molar-refractivity contribution in [1.29, 1.82) is 0 Å². The fourth-order valence-electron chi connectivity index (χ4n) is 1.16. The van der Waals surface area contributed by atoms with E-state index in [1.54, 1.807) is 12.1 Å². The highest BCUT2D eigenvalue weighted by molar-refractivity contribution is 7.10. The molecule has 2 rings (SSSR count). The highest BCUT2D eigenvalue weighted by Crippen LogP contribution is 2.21. The van der Waals surface area contributed by atoms with Gasteiger partial charge in [-0.05, 0) is 30.6 Å². The molecule has 2 aromatic rings. The lowest BCUT2D eigenvalue weighted by Crippen LogP contribution is -1.83. The van der Waals surface area contributed by atoms with Crippen molar-refractivity contribution in [2.75, 3.05) is 0 Å². The van der Waals surface area contributed by atoms with Crippen molar-refractivity contribution in [3.05, 3.63) is 40.5 Å². The second kappa shape index (κ2) is 3.92. The zero-order chi connectivity index (χ0) is 9.97. The van der Waals surface area contributed by atoms with Crippen LogP contribution >= 0.6 is 11.3 Å². The maximum absolute atomic E-state index is 12.6. The van der Waals surface area contributed by atoms with Gasteiger partial charge in [0.05, 0.1) is 18.5 Å². The molecule has 0 bridgehead atoms. The molecule has 14 heavy (non-hydrogen) atoms. The van der Waals surface area contributed by atoms with Gasteiger partial charge < -0.3 is 0 Å². The highest BCUT2D eigenvalue weighted by Gasteiger charge is 2.02. The minimum Gasteiger partial charge on any atom is -0.242 e. The number of hydrogen-bond donors (Lipinski definition) is 0. The highest BCUT2D eigenvalue weighted by atomic mass is 32.1. The van der Waals surface area contributed by atoms with Crippen molar-refractivity contribution in [3.63, 3.8) is 0 Å². The summed E-state index contributed by atoms with van der Waals surface area (Å²) in [7, 11) is 5.45. The van der Waals surface area contributed by atoms with Crippen LogP contribution in [0.15, 0.2) is 29.6 Å². The minimum atomic E-state index is -0.233. The molecule has 0 aliphatic heterocycles. The summed E-state index contributed by atoms with van der Waals surface area (Å²) in [5.41, 5.74) is 1.78. The molecule has 0 aliphatic carbocycles. The van der Waals surface area contributed by atoms with Crippen molar-refractivity contribution in [2.24, 2.45) is 0 Å². The van der Waals surface area contributed by atoms with Gasteiger partial charge in [-0.1, -0.05) is 0 Å². The Morgan fingerprint density at radius 2 is 2.00 bits per heavy atom. The van der Waals surface area contributed by atoms with E-state index in [0.717, 1.165) is 16.3 Å². The van der Waals surface area contributed by atoms with Gasteiger partial charge in [0.25, 0.3) is 0 Å². The molecular weight excluding hydrogens is 196 g/mol. The van der Waals surface area contributed by atoms with Gasteiger partial charge in [-0.25, -0.2) is 9.37 Å². The number of hydrogen-bond acceptors (Lipinski definition) is 2. The minimum absolute atomic E-state index is 0.233. The molecule has 0 fully saturated rings. The summed E-state index contributed by atoms with van der Waals surface area (Å²) in [6, 6.07) is 6.28. The van der Waals surface area contributed by atoms with Crippen molar-refractivity contribution in [2.45, 2.75) is 6.32 Å². The molecule has 0 amide bonds. The Kier molecular flexibility index (Phi) is 2.63. The summed E-state index contributed by atoms with van der Waals surface area (Å²) in [6.45, 7) is 0. The molecule has 0 atom stereocenters. The molecule has 0 saturated heterocycles. The molecule has 1 nitrogen and oxygen atoms in total. The third-order valence-corrected chi connectivity index (χ3v) is 2.74. The predicted octanol–water partition coefficient (Wildman–Crippen LogP) is 2.62. The Bertz CT molecular complexity index is 424. The van der Waals surface area contributed by atoms with Crippen LogP contribution in [0.1, 0.15) is 5.01 Å². The summed E-state index contributed by atoms with van der Waals surface area (Å²) < 4.78 is 12.6. The monoisotopic (exact) mass is 203 g/mol. The first-order chi connectivity index (χ1) is 6.79. The van der Waals surface area contributed by atoms with Crippen LogP contribution in [0.4, 0.5) is 4.39 Å². The van der Waals surface area contributed by atoms with Crippen molar-refractivity contribution in [1.82, 2.24) is 4.98 Å². The summed E-state index contributed by atoms with van der Waals surface area (Å²) >= 11 is 1.52. The van der Waals surface area contributed by atoms with Crippen LogP contribution in [0.5, 0.6) is 0 Å². The summed E-state index contributed by atoms with van der Waals surface area (Å²) in [5.74, 6) is -0.233. The molecule has 1 aromatic heterocycles. The van der Waals surface area contributed by atoms with Crippen LogP contribution in [0.3, 0.4) is 0 Å². The molecule has 0 aliphatic rings. The van der Waals surface area contributed by atoms with E-state index in [1.165, 1.54) is 23.5 Å². The molecule has 2 radical (unpaired) electrons. The maximum atomic E-state index is 12.6. The SMILES string of the molecule is [B]Cc1nc(-c2ccc(F)cc2)cs1. The van der Waals surface area contributed by atoms with Crippen LogP contribution in [0, 0.1) is 5.82 Å². The second-order valence-electron chi connectivity index (χ2n) is 2.84. The third kappa shape index (κ3) is 1.85. The van der Waals surface area contributed by atoms with Gasteiger partial charge in [0.2, 0.25) is 0 Å². The Morgan fingerprint density at radius 3 is 2.57 bits per heavy atom. The van der Waals surface area contributed by atoms with E-state index in [2.05, 4.69) is 4.98 Å². The van der Waals surface area contributed by atoms with Crippen molar-refractivity contribution >= 4 is 19.2 Å². The summed E-state index contributed by atoms with van der Waals surface area (Å²) in [6.07, 6.45) is 0.450. The molecule has 0 N–H and O–H groups in total.